The van der Waals surface area contributed by atoms with E-state index in [-0.39, 0.29) is 18.3 Å². The molecule has 0 radical (unpaired) electrons. The highest BCUT2D eigenvalue weighted by molar-refractivity contribution is 6.31. The minimum absolute atomic E-state index is 0. The fourth-order valence-electron chi connectivity index (χ4n) is 2.73. The van der Waals surface area contributed by atoms with E-state index in [1.165, 1.54) is 11.6 Å². The summed E-state index contributed by atoms with van der Waals surface area (Å²) in [6.07, 6.45) is 2.40. The molecule has 23 heavy (non-hydrogen) atoms. The van der Waals surface area contributed by atoms with Crippen molar-refractivity contribution < 1.29 is 5.11 Å². The summed E-state index contributed by atoms with van der Waals surface area (Å²) in [4.78, 5) is 3.95. The van der Waals surface area contributed by atoms with Crippen LogP contribution < -0.4 is 5.73 Å². The number of pyridine rings is 1. The zero-order chi connectivity index (χ0) is 15.5. The molecule has 0 bridgehead atoms. The van der Waals surface area contributed by atoms with Crippen LogP contribution in [0.2, 0.25) is 5.02 Å². The van der Waals surface area contributed by atoms with Crippen molar-refractivity contribution in [2.75, 3.05) is 6.54 Å². The van der Waals surface area contributed by atoms with Gasteiger partial charge < -0.3 is 10.8 Å². The van der Waals surface area contributed by atoms with E-state index < -0.39 is 6.10 Å². The van der Waals surface area contributed by atoms with E-state index in [4.69, 9.17) is 17.3 Å². The minimum Gasteiger partial charge on any atom is -0.388 e. The first-order valence-electron chi connectivity index (χ1n) is 7.17. The summed E-state index contributed by atoms with van der Waals surface area (Å²) in [5, 5.41) is 13.4. The molecule has 1 aromatic heterocycles. The van der Waals surface area contributed by atoms with E-state index in [2.05, 4.69) is 23.2 Å². The van der Waals surface area contributed by atoms with E-state index in [0.29, 0.717) is 17.1 Å². The van der Waals surface area contributed by atoms with Gasteiger partial charge in [0.25, 0.3) is 0 Å². The lowest BCUT2D eigenvalue weighted by atomic mass is 9.88. The van der Waals surface area contributed by atoms with Gasteiger partial charge in [0.2, 0.25) is 0 Å². The smallest absolute Gasteiger partial charge is 0.0886 e. The number of rotatable bonds is 4. The lowest BCUT2D eigenvalue weighted by Gasteiger charge is -2.23. The van der Waals surface area contributed by atoms with Crippen LogP contribution in [0, 0.1) is 0 Å². The van der Waals surface area contributed by atoms with Crippen LogP contribution in [-0.2, 0) is 0 Å². The molecule has 3 nitrogen and oxygen atoms in total. The van der Waals surface area contributed by atoms with Gasteiger partial charge in [-0.25, -0.2) is 0 Å². The number of aliphatic hydroxyl groups is 1. The highest BCUT2D eigenvalue weighted by atomic mass is 35.5. The molecule has 0 fully saturated rings. The molecule has 0 saturated heterocycles. The topological polar surface area (TPSA) is 59.1 Å². The van der Waals surface area contributed by atoms with Gasteiger partial charge in [0.05, 0.1) is 11.1 Å². The van der Waals surface area contributed by atoms with E-state index in [1.54, 1.807) is 12.3 Å². The highest BCUT2D eigenvalue weighted by Crippen LogP contribution is 2.34. The van der Waals surface area contributed by atoms with Gasteiger partial charge in [0.15, 0.2) is 0 Å². The largest absolute Gasteiger partial charge is 0.388 e. The Morgan fingerprint density at radius 3 is 2.52 bits per heavy atom. The molecule has 2 atom stereocenters. The van der Waals surface area contributed by atoms with Crippen molar-refractivity contribution in [3.05, 3.63) is 77.1 Å². The summed E-state index contributed by atoms with van der Waals surface area (Å²) in [5.74, 6) is -0.218. The van der Waals surface area contributed by atoms with E-state index in [1.807, 2.05) is 24.3 Å². The summed E-state index contributed by atoms with van der Waals surface area (Å²) in [6.45, 7) is 0.332. The maximum Gasteiger partial charge on any atom is 0.0886 e. The van der Waals surface area contributed by atoms with Gasteiger partial charge in [-0.05, 0) is 22.4 Å². The number of nitrogens with two attached hydrogens (primary N) is 1. The lowest BCUT2D eigenvalue weighted by Crippen LogP contribution is -2.20. The molecule has 0 spiro atoms. The fourth-order valence-corrected chi connectivity index (χ4v) is 2.96. The molecule has 0 amide bonds. The average molecular weight is 349 g/mol. The van der Waals surface area contributed by atoms with Crippen LogP contribution in [0.15, 0.2) is 60.9 Å². The van der Waals surface area contributed by atoms with E-state index >= 15 is 0 Å². The third-order valence-electron chi connectivity index (χ3n) is 3.96. The van der Waals surface area contributed by atoms with Crippen molar-refractivity contribution >= 4 is 34.8 Å². The second kappa shape index (κ2) is 7.75. The maximum absolute atomic E-state index is 10.7. The Kier molecular flexibility index (Phi) is 5.97. The van der Waals surface area contributed by atoms with Crippen molar-refractivity contribution in [2.45, 2.75) is 12.0 Å². The zero-order valence-electron chi connectivity index (χ0n) is 12.4. The Balaban J connectivity index is 0.00000192. The summed E-state index contributed by atoms with van der Waals surface area (Å²) in [6, 6.07) is 16.0. The molecule has 3 aromatic rings. The normalized spacial score (nSPS) is 13.3. The molecule has 3 rings (SSSR count). The quantitative estimate of drug-likeness (QED) is 0.746. The zero-order valence-corrected chi connectivity index (χ0v) is 14.0. The molecule has 0 aliphatic heterocycles. The van der Waals surface area contributed by atoms with Gasteiger partial charge in [0, 0.05) is 30.4 Å². The van der Waals surface area contributed by atoms with Crippen molar-refractivity contribution in [3.63, 3.8) is 0 Å². The average Bonchev–Trinajstić information content (AvgIpc) is 2.55. The molecule has 0 aliphatic rings. The minimum atomic E-state index is -0.762. The van der Waals surface area contributed by atoms with Crippen LogP contribution >= 0.6 is 24.0 Å². The number of aliphatic hydroxyl groups excluding tert-OH is 1. The number of hydrogen-bond acceptors (Lipinski definition) is 3. The molecule has 3 N–H and O–H groups in total. The van der Waals surface area contributed by atoms with Crippen molar-refractivity contribution in [1.29, 1.82) is 0 Å². The predicted molar refractivity (Wildman–Crippen MR) is 97.2 cm³/mol. The first kappa shape index (κ1) is 17.7. The SMILES string of the molecule is Cl.NCC(c1ccc2ccccc2c1)C(O)c1ccncc1Cl. The molecule has 2 unspecified atom stereocenters. The Labute approximate surface area is 146 Å². The Hall–Kier alpha value is -1.65. The second-order valence-electron chi connectivity index (χ2n) is 5.29. The highest BCUT2D eigenvalue weighted by Gasteiger charge is 2.23. The summed E-state index contributed by atoms with van der Waals surface area (Å²) < 4.78 is 0. The molecular weight excluding hydrogens is 331 g/mol. The third kappa shape index (κ3) is 3.65. The van der Waals surface area contributed by atoms with Crippen molar-refractivity contribution in [1.82, 2.24) is 4.98 Å². The van der Waals surface area contributed by atoms with Crippen LogP contribution in [-0.4, -0.2) is 16.6 Å². The van der Waals surface area contributed by atoms with Gasteiger partial charge in [-0.2, -0.15) is 0 Å². The molecule has 5 heteroatoms. The molecule has 1 heterocycles. The summed E-state index contributed by atoms with van der Waals surface area (Å²) in [7, 11) is 0. The van der Waals surface area contributed by atoms with Crippen molar-refractivity contribution in [2.24, 2.45) is 5.73 Å². The van der Waals surface area contributed by atoms with Crippen LogP contribution in [0.3, 0.4) is 0 Å². The molecule has 0 aliphatic carbocycles. The van der Waals surface area contributed by atoms with Gasteiger partial charge in [-0.1, -0.05) is 54.1 Å². The van der Waals surface area contributed by atoms with E-state index in [9.17, 15) is 5.11 Å². The Morgan fingerprint density at radius 1 is 1.09 bits per heavy atom. The van der Waals surface area contributed by atoms with Gasteiger partial charge in [-0.3, -0.25) is 4.98 Å². The monoisotopic (exact) mass is 348 g/mol. The first-order valence-corrected chi connectivity index (χ1v) is 7.54. The second-order valence-corrected chi connectivity index (χ2v) is 5.70. The molecule has 0 saturated carbocycles. The molecule has 120 valence electrons. The van der Waals surface area contributed by atoms with Crippen LogP contribution in [0.4, 0.5) is 0 Å². The van der Waals surface area contributed by atoms with E-state index in [0.717, 1.165) is 10.9 Å². The van der Waals surface area contributed by atoms with Crippen LogP contribution in [0.5, 0.6) is 0 Å². The number of aromatic nitrogens is 1. The van der Waals surface area contributed by atoms with Crippen LogP contribution in [0.1, 0.15) is 23.1 Å². The molecular formula is C18H18Cl2N2O. The molecule has 2 aromatic carbocycles. The maximum atomic E-state index is 10.7. The number of benzene rings is 2. The number of halogens is 2. The Morgan fingerprint density at radius 2 is 1.83 bits per heavy atom. The van der Waals surface area contributed by atoms with Crippen molar-refractivity contribution in [3.8, 4) is 0 Å². The third-order valence-corrected chi connectivity index (χ3v) is 4.28. The summed E-state index contributed by atoms with van der Waals surface area (Å²) >= 11 is 6.14. The number of fused-ring (bicyclic) bond motifs is 1. The predicted octanol–water partition coefficient (Wildman–Crippen LogP) is 4.09. The standard InChI is InChI=1S/C18H17ClN2O.ClH/c19-17-11-21-8-7-15(17)18(22)16(10-20)14-6-5-12-3-1-2-4-13(12)9-14;/h1-9,11,16,18,22H,10,20H2;1H. The lowest BCUT2D eigenvalue weighted by molar-refractivity contribution is 0.147. The fraction of sp³-hybridized carbons (Fsp3) is 0.167. The van der Waals surface area contributed by atoms with Gasteiger partial charge >= 0.3 is 0 Å². The number of nitrogens with zero attached hydrogens (tertiary/aromatic N) is 1. The summed E-state index contributed by atoms with van der Waals surface area (Å²) in [5.41, 5.74) is 7.57. The van der Waals surface area contributed by atoms with Crippen LogP contribution in [0.25, 0.3) is 10.8 Å². The van der Waals surface area contributed by atoms with Gasteiger partial charge in [0.1, 0.15) is 0 Å². The number of hydrogen-bond donors (Lipinski definition) is 2. The first-order chi connectivity index (χ1) is 10.7. The van der Waals surface area contributed by atoms with Gasteiger partial charge in [-0.15, -0.1) is 12.4 Å². The Bertz CT molecular complexity index is 795.